The van der Waals surface area contributed by atoms with E-state index in [0.29, 0.717) is 10.4 Å². The quantitative estimate of drug-likeness (QED) is 0.822. The molecule has 1 aromatic heterocycles. The van der Waals surface area contributed by atoms with Crippen LogP contribution in [0.15, 0.2) is 39.4 Å². The normalized spacial score (nSPS) is 9.59. The van der Waals surface area contributed by atoms with Crippen LogP contribution in [0.1, 0.15) is 10.4 Å². The zero-order valence-corrected chi connectivity index (χ0v) is 10.9. The summed E-state index contributed by atoms with van der Waals surface area (Å²) >= 11 is 8.65. The zero-order chi connectivity index (χ0) is 12.3. The Hall–Kier alpha value is -1.46. The van der Waals surface area contributed by atoms with Crippen LogP contribution in [-0.2, 0) is 0 Å². The van der Waals surface area contributed by atoms with Gasteiger partial charge in [0.05, 0.1) is 14.8 Å². The third-order valence-electron chi connectivity index (χ3n) is 1.98. The van der Waals surface area contributed by atoms with Gasteiger partial charge in [-0.05, 0) is 12.1 Å². The molecule has 0 saturated carbocycles. The van der Waals surface area contributed by atoms with Crippen molar-refractivity contribution in [3.05, 3.63) is 45.8 Å². The fraction of sp³-hybridized carbons (Fsp3) is 0. The molecule has 0 unspecified atom stereocenters. The van der Waals surface area contributed by atoms with Crippen molar-refractivity contribution < 1.29 is 0 Å². The number of thiophene rings is 1. The van der Waals surface area contributed by atoms with Crippen LogP contribution in [0.25, 0.3) is 0 Å². The molecule has 0 saturated heterocycles. The van der Waals surface area contributed by atoms with Gasteiger partial charge in [0.15, 0.2) is 0 Å². The molecule has 0 aliphatic heterocycles. The summed E-state index contributed by atoms with van der Waals surface area (Å²) in [6.07, 6.45) is 0. The highest BCUT2D eigenvalue weighted by Gasteiger charge is 2.17. The lowest BCUT2D eigenvalue weighted by Crippen LogP contribution is -1.74. The highest BCUT2D eigenvalue weighted by Crippen LogP contribution is 2.41. The summed E-state index contributed by atoms with van der Waals surface area (Å²) in [5.74, 6) is 0. The van der Waals surface area contributed by atoms with Gasteiger partial charge in [0.1, 0.15) is 17.0 Å². The fourth-order valence-electron chi connectivity index (χ4n) is 1.23. The van der Waals surface area contributed by atoms with Gasteiger partial charge in [-0.2, -0.15) is 10.5 Å². The van der Waals surface area contributed by atoms with E-state index in [4.69, 9.17) is 22.1 Å². The maximum absolute atomic E-state index is 9.04. The summed E-state index contributed by atoms with van der Waals surface area (Å²) in [6, 6.07) is 13.7. The highest BCUT2D eigenvalue weighted by molar-refractivity contribution is 8.01. The van der Waals surface area contributed by atoms with Crippen molar-refractivity contribution in [3.63, 3.8) is 0 Å². The molecule has 0 aliphatic rings. The minimum atomic E-state index is 0.262. The molecule has 17 heavy (non-hydrogen) atoms. The molecule has 0 fully saturated rings. The van der Waals surface area contributed by atoms with Crippen molar-refractivity contribution in [1.82, 2.24) is 0 Å². The number of halogens is 1. The van der Waals surface area contributed by atoms with E-state index in [0.717, 1.165) is 9.10 Å². The van der Waals surface area contributed by atoms with E-state index in [1.165, 1.54) is 23.1 Å². The smallest absolute Gasteiger partial charge is 0.125 e. The first-order chi connectivity index (χ1) is 8.26. The Balaban J connectivity index is 2.41. The zero-order valence-electron chi connectivity index (χ0n) is 8.48. The van der Waals surface area contributed by atoms with Gasteiger partial charge >= 0.3 is 0 Å². The fourth-order valence-corrected chi connectivity index (χ4v) is 3.77. The Labute approximate surface area is 112 Å². The first kappa shape index (κ1) is 12.0. The van der Waals surface area contributed by atoms with Crippen LogP contribution in [0.3, 0.4) is 0 Å². The molecule has 0 aliphatic carbocycles. The topological polar surface area (TPSA) is 47.6 Å². The predicted octanol–water partition coefficient (Wildman–Crippen LogP) is 4.30. The average molecular weight is 277 g/mol. The second-order valence-corrected chi connectivity index (χ2v) is 5.79. The van der Waals surface area contributed by atoms with E-state index in [-0.39, 0.29) is 5.02 Å². The van der Waals surface area contributed by atoms with E-state index in [1.807, 2.05) is 42.5 Å². The van der Waals surface area contributed by atoms with Crippen molar-refractivity contribution in [3.8, 4) is 12.1 Å². The molecule has 0 spiro atoms. The van der Waals surface area contributed by atoms with Crippen LogP contribution in [0.4, 0.5) is 0 Å². The number of rotatable bonds is 2. The lowest BCUT2D eigenvalue weighted by molar-refractivity contribution is 1.43. The van der Waals surface area contributed by atoms with Crippen LogP contribution >= 0.6 is 34.7 Å². The number of nitriles is 2. The highest BCUT2D eigenvalue weighted by atomic mass is 35.5. The molecule has 1 heterocycles. The van der Waals surface area contributed by atoms with E-state index >= 15 is 0 Å². The van der Waals surface area contributed by atoms with Gasteiger partial charge in [-0.25, -0.2) is 0 Å². The maximum Gasteiger partial charge on any atom is 0.125 e. The molecule has 0 bridgehead atoms. The van der Waals surface area contributed by atoms with Crippen LogP contribution < -0.4 is 0 Å². The van der Waals surface area contributed by atoms with Crippen LogP contribution in [0, 0.1) is 22.7 Å². The number of benzene rings is 1. The second kappa shape index (κ2) is 5.25. The second-order valence-electron chi connectivity index (χ2n) is 3.05. The van der Waals surface area contributed by atoms with Gasteiger partial charge < -0.3 is 0 Å². The van der Waals surface area contributed by atoms with Crippen molar-refractivity contribution in [1.29, 1.82) is 10.5 Å². The molecule has 5 heteroatoms. The van der Waals surface area contributed by atoms with Crippen LogP contribution in [-0.4, -0.2) is 0 Å². The predicted molar refractivity (Wildman–Crippen MR) is 69.3 cm³/mol. The monoisotopic (exact) mass is 276 g/mol. The summed E-state index contributed by atoms with van der Waals surface area (Å²) in [6.45, 7) is 0. The Morgan fingerprint density at radius 1 is 1.12 bits per heavy atom. The van der Waals surface area contributed by atoms with Gasteiger partial charge in [0, 0.05) is 4.90 Å². The molecular weight excluding hydrogens is 272 g/mol. The molecule has 2 nitrogen and oxygen atoms in total. The first-order valence-electron chi connectivity index (χ1n) is 4.61. The van der Waals surface area contributed by atoms with Crippen molar-refractivity contribution in [2.45, 2.75) is 9.10 Å². The number of hydrogen-bond acceptors (Lipinski definition) is 4. The minimum Gasteiger partial charge on any atom is -0.192 e. The van der Waals surface area contributed by atoms with E-state index in [2.05, 4.69) is 0 Å². The molecule has 0 atom stereocenters. The van der Waals surface area contributed by atoms with Crippen LogP contribution in [0.5, 0.6) is 0 Å². The van der Waals surface area contributed by atoms with Gasteiger partial charge in [0.2, 0.25) is 0 Å². The molecule has 2 aromatic rings. The maximum atomic E-state index is 9.04. The van der Waals surface area contributed by atoms with E-state index in [1.54, 1.807) is 0 Å². The summed E-state index contributed by atoms with van der Waals surface area (Å²) < 4.78 is 0.764. The Kier molecular flexibility index (Phi) is 3.71. The molecule has 0 N–H and O–H groups in total. The number of nitrogens with zero attached hydrogens (tertiary/aromatic N) is 2. The standard InChI is InChI=1S/C12H5ClN2S2/c13-11-9(6-14)12(17-10(11)7-15)16-8-4-2-1-3-5-8/h1-5H. The molecule has 1 aromatic carbocycles. The lowest BCUT2D eigenvalue weighted by atomic mass is 10.3. The van der Waals surface area contributed by atoms with Gasteiger partial charge in [-0.1, -0.05) is 41.6 Å². The van der Waals surface area contributed by atoms with Gasteiger partial charge in [-0.3, -0.25) is 0 Å². The number of hydrogen-bond donors (Lipinski definition) is 0. The Morgan fingerprint density at radius 2 is 1.82 bits per heavy atom. The molecule has 0 radical (unpaired) electrons. The molecule has 2 rings (SSSR count). The summed E-state index contributed by atoms with van der Waals surface area (Å²) in [4.78, 5) is 1.41. The Bertz CT molecular complexity index is 620. The first-order valence-corrected chi connectivity index (χ1v) is 6.62. The summed E-state index contributed by atoms with van der Waals surface area (Å²) in [5, 5.41) is 18.2. The SMILES string of the molecule is N#Cc1sc(Sc2ccccc2)c(C#N)c1Cl. The van der Waals surface area contributed by atoms with Crippen molar-refractivity contribution >= 4 is 34.7 Å². The minimum absolute atomic E-state index is 0.262. The van der Waals surface area contributed by atoms with Gasteiger partial charge in [-0.15, -0.1) is 11.3 Å². The average Bonchev–Trinajstić information content (AvgIpc) is 2.66. The van der Waals surface area contributed by atoms with Crippen LogP contribution in [0.2, 0.25) is 5.02 Å². The Morgan fingerprint density at radius 3 is 2.41 bits per heavy atom. The molecule has 0 amide bonds. The van der Waals surface area contributed by atoms with Gasteiger partial charge in [0.25, 0.3) is 0 Å². The molecule has 82 valence electrons. The lowest BCUT2D eigenvalue weighted by Gasteiger charge is -1.97. The van der Waals surface area contributed by atoms with Crippen molar-refractivity contribution in [2.24, 2.45) is 0 Å². The molecular formula is C12H5ClN2S2. The third-order valence-corrected chi connectivity index (χ3v) is 4.76. The van der Waals surface area contributed by atoms with Crippen molar-refractivity contribution in [2.75, 3.05) is 0 Å². The third kappa shape index (κ3) is 2.45. The van der Waals surface area contributed by atoms with E-state index in [9.17, 15) is 0 Å². The largest absolute Gasteiger partial charge is 0.192 e. The van der Waals surface area contributed by atoms with E-state index < -0.39 is 0 Å². The summed E-state index contributed by atoms with van der Waals surface area (Å²) in [7, 11) is 0. The summed E-state index contributed by atoms with van der Waals surface area (Å²) in [5.41, 5.74) is 0.391.